The minimum Gasteiger partial charge on any atom is -0.446 e. The van der Waals surface area contributed by atoms with Crippen LogP contribution in [-0.4, -0.2) is 12.2 Å². The molecule has 0 aromatic carbocycles. The smallest absolute Gasteiger partial charge is 0.294 e. The summed E-state index contributed by atoms with van der Waals surface area (Å²) in [6, 6.07) is 0. The molecule has 0 aromatic rings. The zero-order valence-electron chi connectivity index (χ0n) is 3.89. The van der Waals surface area contributed by atoms with E-state index in [4.69, 9.17) is 5.73 Å². The Labute approximate surface area is 41.4 Å². The minimum atomic E-state index is -0.568. The van der Waals surface area contributed by atoms with Crippen LogP contribution in [0.3, 0.4) is 0 Å². The predicted molar refractivity (Wildman–Crippen MR) is 23.3 cm³/mol. The fourth-order valence-corrected chi connectivity index (χ4v) is 0.337. The highest BCUT2D eigenvalue weighted by Gasteiger charge is 2.40. The molecule has 0 spiro atoms. The molecule has 3 heteroatoms. The third-order valence-electron chi connectivity index (χ3n) is 1.03. The fraction of sp³-hybridized carbons (Fsp3) is 0.750. The molecule has 1 rings (SSSR count). The van der Waals surface area contributed by atoms with Crippen molar-refractivity contribution in [1.29, 1.82) is 0 Å². The molecule has 0 heterocycles. The maximum Gasteiger partial charge on any atom is 0.294 e. The standard InChI is InChI=1S/C4H7NO2/c5-4(1-2-4)7-3-6/h3H,1-2,5H2. The molecule has 0 atom stereocenters. The molecule has 0 radical (unpaired) electrons. The SMILES string of the molecule is NC1(OC=O)CC1. The van der Waals surface area contributed by atoms with Crippen molar-refractivity contribution in [3.8, 4) is 0 Å². The lowest BCUT2D eigenvalue weighted by molar-refractivity contribution is -0.135. The lowest BCUT2D eigenvalue weighted by Crippen LogP contribution is -2.24. The monoisotopic (exact) mass is 101 g/mol. The van der Waals surface area contributed by atoms with Gasteiger partial charge in [-0.15, -0.1) is 0 Å². The highest BCUT2D eigenvalue weighted by molar-refractivity contribution is 5.39. The van der Waals surface area contributed by atoms with Crippen LogP contribution in [0, 0.1) is 0 Å². The highest BCUT2D eigenvalue weighted by Crippen LogP contribution is 2.32. The van der Waals surface area contributed by atoms with Gasteiger partial charge in [0.15, 0.2) is 5.72 Å². The number of carbonyl (C=O) groups excluding carboxylic acids is 1. The third-order valence-corrected chi connectivity index (χ3v) is 1.03. The summed E-state index contributed by atoms with van der Waals surface area (Å²) in [6.45, 7) is 0.396. The first-order chi connectivity index (χ1) is 3.27. The summed E-state index contributed by atoms with van der Waals surface area (Å²) >= 11 is 0. The van der Waals surface area contributed by atoms with Crippen molar-refractivity contribution in [3.63, 3.8) is 0 Å². The van der Waals surface area contributed by atoms with E-state index < -0.39 is 5.72 Å². The normalized spacial score (nSPS) is 23.6. The van der Waals surface area contributed by atoms with Crippen molar-refractivity contribution in [3.05, 3.63) is 0 Å². The van der Waals surface area contributed by atoms with Crippen LogP contribution in [0.25, 0.3) is 0 Å². The molecule has 0 bridgehead atoms. The van der Waals surface area contributed by atoms with Crippen LogP contribution < -0.4 is 5.73 Å². The third kappa shape index (κ3) is 0.899. The molecule has 0 aromatic heterocycles. The second kappa shape index (κ2) is 1.20. The molecule has 0 amide bonds. The Bertz CT molecular complexity index is 87.7. The number of rotatable bonds is 2. The van der Waals surface area contributed by atoms with E-state index in [0.29, 0.717) is 6.47 Å². The van der Waals surface area contributed by atoms with Gasteiger partial charge in [-0.3, -0.25) is 10.5 Å². The Balaban J connectivity index is 2.25. The zero-order valence-corrected chi connectivity index (χ0v) is 3.89. The topological polar surface area (TPSA) is 52.3 Å². The largest absolute Gasteiger partial charge is 0.446 e. The first kappa shape index (κ1) is 4.59. The van der Waals surface area contributed by atoms with Crippen molar-refractivity contribution in [1.82, 2.24) is 0 Å². The molecule has 1 saturated carbocycles. The van der Waals surface area contributed by atoms with E-state index in [9.17, 15) is 4.79 Å². The molecule has 0 aliphatic heterocycles. The van der Waals surface area contributed by atoms with Crippen LogP contribution in [-0.2, 0) is 9.53 Å². The van der Waals surface area contributed by atoms with Crippen LogP contribution >= 0.6 is 0 Å². The Kier molecular flexibility index (Phi) is 0.785. The van der Waals surface area contributed by atoms with Gasteiger partial charge in [0.05, 0.1) is 0 Å². The van der Waals surface area contributed by atoms with Crippen molar-refractivity contribution >= 4 is 6.47 Å². The fourth-order valence-electron chi connectivity index (χ4n) is 0.337. The average Bonchev–Trinajstić information content (AvgIpc) is 2.22. The van der Waals surface area contributed by atoms with E-state index >= 15 is 0 Å². The van der Waals surface area contributed by atoms with Crippen LogP contribution in [0.15, 0.2) is 0 Å². The lowest BCUT2D eigenvalue weighted by atomic mass is 10.6. The summed E-state index contributed by atoms with van der Waals surface area (Å²) in [5.41, 5.74) is 4.74. The first-order valence-corrected chi connectivity index (χ1v) is 2.17. The Morgan fingerprint density at radius 3 is 2.43 bits per heavy atom. The molecule has 1 aliphatic rings. The summed E-state index contributed by atoms with van der Waals surface area (Å²) in [7, 11) is 0. The van der Waals surface area contributed by atoms with E-state index in [0.717, 1.165) is 12.8 Å². The van der Waals surface area contributed by atoms with Crippen molar-refractivity contribution < 1.29 is 9.53 Å². The predicted octanol–water partition coefficient (Wildman–Crippen LogP) is -0.392. The van der Waals surface area contributed by atoms with Gasteiger partial charge in [0, 0.05) is 12.8 Å². The Morgan fingerprint density at radius 1 is 1.71 bits per heavy atom. The van der Waals surface area contributed by atoms with Crippen molar-refractivity contribution in [2.24, 2.45) is 5.73 Å². The van der Waals surface area contributed by atoms with Gasteiger partial charge in [-0.1, -0.05) is 0 Å². The van der Waals surface area contributed by atoms with Crippen LogP contribution in [0.5, 0.6) is 0 Å². The van der Waals surface area contributed by atoms with Gasteiger partial charge < -0.3 is 4.74 Å². The summed E-state index contributed by atoms with van der Waals surface area (Å²) < 4.78 is 4.44. The molecule has 1 aliphatic carbocycles. The van der Waals surface area contributed by atoms with E-state index in [1.54, 1.807) is 0 Å². The number of ether oxygens (including phenoxy) is 1. The van der Waals surface area contributed by atoms with Crippen LogP contribution in [0.4, 0.5) is 0 Å². The van der Waals surface area contributed by atoms with Crippen molar-refractivity contribution in [2.75, 3.05) is 0 Å². The second-order valence-corrected chi connectivity index (χ2v) is 1.78. The Morgan fingerprint density at radius 2 is 2.29 bits per heavy atom. The molecule has 40 valence electrons. The molecule has 0 unspecified atom stereocenters. The van der Waals surface area contributed by atoms with Crippen molar-refractivity contribution in [2.45, 2.75) is 18.6 Å². The van der Waals surface area contributed by atoms with Crippen LogP contribution in [0.2, 0.25) is 0 Å². The number of hydrogen-bond donors (Lipinski definition) is 1. The van der Waals surface area contributed by atoms with E-state index in [1.165, 1.54) is 0 Å². The maximum absolute atomic E-state index is 9.56. The maximum atomic E-state index is 9.56. The zero-order chi connectivity index (χ0) is 5.33. The average molecular weight is 101 g/mol. The molecule has 2 N–H and O–H groups in total. The van der Waals surface area contributed by atoms with E-state index in [1.807, 2.05) is 0 Å². The Hall–Kier alpha value is -0.570. The summed E-state index contributed by atoms with van der Waals surface area (Å²) in [5, 5.41) is 0. The van der Waals surface area contributed by atoms with E-state index in [-0.39, 0.29) is 0 Å². The molecule has 1 fully saturated rings. The van der Waals surface area contributed by atoms with Gasteiger partial charge in [0.1, 0.15) is 0 Å². The lowest BCUT2D eigenvalue weighted by Gasteiger charge is -2.01. The summed E-state index contributed by atoms with van der Waals surface area (Å²) in [4.78, 5) is 9.56. The van der Waals surface area contributed by atoms with Gasteiger partial charge in [-0.05, 0) is 0 Å². The summed E-state index contributed by atoms with van der Waals surface area (Å²) in [6.07, 6.45) is 1.62. The van der Waals surface area contributed by atoms with Gasteiger partial charge in [0.2, 0.25) is 0 Å². The summed E-state index contributed by atoms with van der Waals surface area (Å²) in [5.74, 6) is 0. The van der Waals surface area contributed by atoms with Gasteiger partial charge in [-0.2, -0.15) is 0 Å². The second-order valence-electron chi connectivity index (χ2n) is 1.78. The van der Waals surface area contributed by atoms with E-state index in [2.05, 4.69) is 4.74 Å². The molecule has 3 nitrogen and oxygen atoms in total. The molecular formula is C4H7NO2. The highest BCUT2D eigenvalue weighted by atomic mass is 16.6. The van der Waals surface area contributed by atoms with Gasteiger partial charge in [-0.25, -0.2) is 0 Å². The van der Waals surface area contributed by atoms with Gasteiger partial charge >= 0.3 is 0 Å². The number of nitrogens with two attached hydrogens (primary N) is 1. The van der Waals surface area contributed by atoms with Gasteiger partial charge in [0.25, 0.3) is 6.47 Å². The number of carbonyl (C=O) groups is 1. The molecule has 0 saturated heterocycles. The first-order valence-electron chi connectivity index (χ1n) is 2.17. The van der Waals surface area contributed by atoms with Crippen LogP contribution in [0.1, 0.15) is 12.8 Å². The quantitative estimate of drug-likeness (QED) is 0.380. The molecule has 7 heavy (non-hydrogen) atoms. The molecular weight excluding hydrogens is 94.0 g/mol. The number of hydrogen-bond acceptors (Lipinski definition) is 3. The minimum absolute atomic E-state index is 0.396.